The minimum atomic E-state index is -0.328. The molecule has 0 aliphatic heterocycles. The fourth-order valence-electron chi connectivity index (χ4n) is 3.28. The predicted molar refractivity (Wildman–Crippen MR) is 104 cm³/mol. The molecule has 1 aromatic heterocycles. The maximum absolute atomic E-state index is 11.9. The number of hydrogen-bond acceptors (Lipinski definition) is 4. The predicted octanol–water partition coefficient (Wildman–Crippen LogP) is 4.24. The van der Waals surface area contributed by atoms with Crippen molar-refractivity contribution in [3.63, 3.8) is 0 Å². The Morgan fingerprint density at radius 3 is 2.73 bits per heavy atom. The van der Waals surface area contributed by atoms with Crippen molar-refractivity contribution in [2.75, 3.05) is 7.11 Å². The zero-order valence-electron chi connectivity index (χ0n) is 14.5. The average Bonchev–Trinajstić information content (AvgIpc) is 2.67. The Morgan fingerprint density at radius 1 is 0.962 bits per heavy atom. The summed E-state index contributed by atoms with van der Waals surface area (Å²) in [6.45, 7) is 1.26. The van der Waals surface area contributed by atoms with Crippen molar-refractivity contribution in [1.82, 2.24) is 5.32 Å². The lowest BCUT2D eigenvalue weighted by Crippen LogP contribution is -2.14. The second kappa shape index (κ2) is 7.02. The SMILES string of the molecule is COc1cccc(CNCc2cc(=O)oc3ccc4ccccc4c23)c1. The van der Waals surface area contributed by atoms with Crippen molar-refractivity contribution in [3.8, 4) is 5.75 Å². The Balaban J connectivity index is 1.67. The van der Waals surface area contributed by atoms with E-state index in [0.29, 0.717) is 18.7 Å². The number of rotatable bonds is 5. The van der Waals surface area contributed by atoms with Gasteiger partial charge in [0.15, 0.2) is 0 Å². The van der Waals surface area contributed by atoms with E-state index in [4.69, 9.17) is 9.15 Å². The molecular formula is C22H19NO3. The van der Waals surface area contributed by atoms with Crippen LogP contribution in [0, 0.1) is 0 Å². The van der Waals surface area contributed by atoms with Crippen molar-refractivity contribution in [2.45, 2.75) is 13.1 Å². The van der Waals surface area contributed by atoms with Crippen LogP contribution < -0.4 is 15.7 Å². The van der Waals surface area contributed by atoms with Gasteiger partial charge in [-0.25, -0.2) is 4.79 Å². The highest BCUT2D eigenvalue weighted by atomic mass is 16.5. The molecule has 4 aromatic rings. The van der Waals surface area contributed by atoms with Crippen LogP contribution in [-0.4, -0.2) is 7.11 Å². The molecule has 0 spiro atoms. The Hall–Kier alpha value is -3.11. The van der Waals surface area contributed by atoms with Gasteiger partial charge in [0.2, 0.25) is 0 Å². The monoisotopic (exact) mass is 345 g/mol. The summed E-state index contributed by atoms with van der Waals surface area (Å²) in [7, 11) is 1.66. The zero-order chi connectivity index (χ0) is 17.9. The first-order valence-electron chi connectivity index (χ1n) is 8.53. The van der Waals surface area contributed by atoms with Gasteiger partial charge in [-0.05, 0) is 40.1 Å². The van der Waals surface area contributed by atoms with Crippen molar-refractivity contribution in [2.24, 2.45) is 0 Å². The number of nitrogens with one attached hydrogen (secondary N) is 1. The first kappa shape index (κ1) is 16.4. The second-order valence-corrected chi connectivity index (χ2v) is 6.21. The molecule has 0 atom stereocenters. The van der Waals surface area contributed by atoms with Gasteiger partial charge in [0, 0.05) is 24.5 Å². The largest absolute Gasteiger partial charge is 0.497 e. The smallest absolute Gasteiger partial charge is 0.336 e. The molecule has 26 heavy (non-hydrogen) atoms. The summed E-state index contributed by atoms with van der Waals surface area (Å²) in [4.78, 5) is 11.9. The Bertz CT molecular complexity index is 1130. The van der Waals surface area contributed by atoms with Gasteiger partial charge in [-0.15, -0.1) is 0 Å². The molecule has 0 aliphatic carbocycles. The highest BCUT2D eigenvalue weighted by molar-refractivity contribution is 6.07. The molecule has 0 unspecified atom stereocenters. The summed E-state index contributed by atoms with van der Waals surface area (Å²) < 4.78 is 10.7. The third-order valence-electron chi connectivity index (χ3n) is 4.49. The van der Waals surface area contributed by atoms with E-state index in [-0.39, 0.29) is 5.63 Å². The first-order valence-corrected chi connectivity index (χ1v) is 8.53. The van der Waals surface area contributed by atoms with Gasteiger partial charge in [-0.2, -0.15) is 0 Å². The van der Waals surface area contributed by atoms with E-state index in [1.807, 2.05) is 48.5 Å². The lowest BCUT2D eigenvalue weighted by atomic mass is 10.0. The van der Waals surface area contributed by atoms with E-state index in [9.17, 15) is 4.79 Å². The number of hydrogen-bond donors (Lipinski definition) is 1. The van der Waals surface area contributed by atoms with Crippen molar-refractivity contribution in [3.05, 3.63) is 88.3 Å². The number of ether oxygens (including phenoxy) is 1. The van der Waals surface area contributed by atoms with Gasteiger partial charge < -0.3 is 14.5 Å². The summed E-state index contributed by atoms with van der Waals surface area (Å²) in [5.41, 5.74) is 2.36. The molecule has 0 aliphatic rings. The van der Waals surface area contributed by atoms with Crippen molar-refractivity contribution < 1.29 is 9.15 Å². The maximum atomic E-state index is 11.9. The lowest BCUT2D eigenvalue weighted by molar-refractivity contribution is 0.414. The van der Waals surface area contributed by atoms with Crippen LogP contribution >= 0.6 is 0 Å². The minimum absolute atomic E-state index is 0.328. The van der Waals surface area contributed by atoms with Crippen LogP contribution in [0.3, 0.4) is 0 Å². The summed E-state index contributed by atoms with van der Waals surface area (Å²) >= 11 is 0. The van der Waals surface area contributed by atoms with E-state index in [0.717, 1.165) is 33.0 Å². The summed E-state index contributed by atoms with van der Waals surface area (Å²) in [5.74, 6) is 0.834. The Morgan fingerprint density at radius 2 is 1.85 bits per heavy atom. The Labute approximate surface area is 151 Å². The van der Waals surface area contributed by atoms with E-state index in [1.54, 1.807) is 13.2 Å². The van der Waals surface area contributed by atoms with Crippen molar-refractivity contribution >= 4 is 21.7 Å². The standard InChI is InChI=1S/C22H19NO3/c1-25-18-7-4-5-15(11-18)13-23-14-17-12-21(24)26-20-10-9-16-6-2-3-8-19(16)22(17)20/h2-12,23H,13-14H2,1H3. The third kappa shape index (κ3) is 3.19. The molecule has 0 fully saturated rings. The van der Waals surface area contributed by atoms with Crippen LogP contribution in [0.5, 0.6) is 5.75 Å². The average molecular weight is 345 g/mol. The van der Waals surface area contributed by atoms with Gasteiger partial charge in [-0.1, -0.05) is 42.5 Å². The fraction of sp³-hybridized carbons (Fsp3) is 0.136. The van der Waals surface area contributed by atoms with Gasteiger partial charge in [0.1, 0.15) is 11.3 Å². The lowest BCUT2D eigenvalue weighted by Gasteiger charge is -2.10. The second-order valence-electron chi connectivity index (χ2n) is 6.21. The van der Waals surface area contributed by atoms with Gasteiger partial charge in [-0.3, -0.25) is 0 Å². The summed E-state index contributed by atoms with van der Waals surface area (Å²) in [6.07, 6.45) is 0. The van der Waals surface area contributed by atoms with Crippen LogP contribution in [0.4, 0.5) is 0 Å². The quantitative estimate of drug-likeness (QED) is 0.434. The molecule has 0 saturated heterocycles. The molecule has 1 N–H and O–H groups in total. The van der Waals surface area contributed by atoms with Crippen LogP contribution in [-0.2, 0) is 13.1 Å². The number of fused-ring (bicyclic) bond motifs is 3. The van der Waals surface area contributed by atoms with Crippen LogP contribution in [0.2, 0.25) is 0 Å². The molecular weight excluding hydrogens is 326 g/mol. The van der Waals surface area contributed by atoms with E-state index >= 15 is 0 Å². The molecule has 1 heterocycles. The molecule has 0 bridgehead atoms. The molecule has 4 rings (SSSR count). The molecule has 0 saturated carbocycles. The van der Waals surface area contributed by atoms with E-state index in [2.05, 4.69) is 17.4 Å². The normalized spacial score (nSPS) is 11.1. The van der Waals surface area contributed by atoms with Crippen LogP contribution in [0.1, 0.15) is 11.1 Å². The third-order valence-corrected chi connectivity index (χ3v) is 4.49. The van der Waals surface area contributed by atoms with E-state index in [1.165, 1.54) is 0 Å². The van der Waals surface area contributed by atoms with Crippen LogP contribution in [0.15, 0.2) is 75.9 Å². The molecule has 4 nitrogen and oxygen atoms in total. The molecule has 0 amide bonds. The maximum Gasteiger partial charge on any atom is 0.336 e. The highest BCUT2D eigenvalue weighted by Gasteiger charge is 2.09. The topological polar surface area (TPSA) is 51.5 Å². The summed E-state index contributed by atoms with van der Waals surface area (Å²) in [5, 5.41) is 6.62. The zero-order valence-corrected chi connectivity index (χ0v) is 14.5. The minimum Gasteiger partial charge on any atom is -0.497 e. The summed E-state index contributed by atoms with van der Waals surface area (Å²) in [6, 6.07) is 21.5. The molecule has 4 heteroatoms. The fourth-order valence-corrected chi connectivity index (χ4v) is 3.28. The van der Waals surface area contributed by atoms with Gasteiger partial charge in [0.25, 0.3) is 0 Å². The number of benzene rings is 3. The molecule has 3 aromatic carbocycles. The molecule has 0 radical (unpaired) electrons. The van der Waals surface area contributed by atoms with Gasteiger partial charge >= 0.3 is 5.63 Å². The van der Waals surface area contributed by atoms with Crippen LogP contribution in [0.25, 0.3) is 21.7 Å². The Kier molecular flexibility index (Phi) is 4.42. The first-order chi connectivity index (χ1) is 12.7. The highest BCUT2D eigenvalue weighted by Crippen LogP contribution is 2.27. The molecule has 130 valence electrons. The van der Waals surface area contributed by atoms with Gasteiger partial charge in [0.05, 0.1) is 7.11 Å². The van der Waals surface area contributed by atoms with E-state index < -0.39 is 0 Å². The number of methoxy groups -OCH3 is 1. The van der Waals surface area contributed by atoms with Crippen molar-refractivity contribution in [1.29, 1.82) is 0 Å².